The number of fused-ring (bicyclic) bond motifs is 3. The lowest BCUT2D eigenvalue weighted by Gasteiger charge is -2.40. The van der Waals surface area contributed by atoms with Crippen LogP contribution in [-0.2, 0) is 11.3 Å². The zero-order chi connectivity index (χ0) is 23.6. The number of imide groups is 1. The van der Waals surface area contributed by atoms with Crippen molar-refractivity contribution in [3.8, 4) is 0 Å². The fourth-order valence-electron chi connectivity index (χ4n) is 4.78. The van der Waals surface area contributed by atoms with Gasteiger partial charge >= 0.3 is 6.03 Å². The summed E-state index contributed by atoms with van der Waals surface area (Å²) in [5.74, 6) is -0.00706. The van der Waals surface area contributed by atoms with Crippen LogP contribution in [0.2, 0.25) is 0 Å². The van der Waals surface area contributed by atoms with Gasteiger partial charge in [-0.3, -0.25) is 19.5 Å². The first-order valence-electron chi connectivity index (χ1n) is 10.9. The monoisotopic (exact) mass is 447 g/mol. The lowest BCUT2D eigenvalue weighted by Crippen LogP contribution is -2.64. The summed E-state index contributed by atoms with van der Waals surface area (Å²) in [6, 6.07) is 11.0. The van der Waals surface area contributed by atoms with Gasteiger partial charge in [-0.2, -0.15) is 0 Å². The van der Waals surface area contributed by atoms with E-state index in [1.165, 1.54) is 21.9 Å². The average molecular weight is 448 g/mol. The summed E-state index contributed by atoms with van der Waals surface area (Å²) < 4.78 is 13.3. The van der Waals surface area contributed by atoms with Crippen molar-refractivity contribution in [1.82, 2.24) is 14.7 Å². The third-order valence-electron chi connectivity index (χ3n) is 6.75. The topological polar surface area (TPSA) is 59.5 Å². The van der Waals surface area contributed by atoms with Crippen LogP contribution in [-0.4, -0.2) is 51.9 Å². The van der Waals surface area contributed by atoms with Crippen molar-refractivity contribution >= 4 is 23.6 Å². The van der Waals surface area contributed by atoms with Crippen LogP contribution in [0.3, 0.4) is 0 Å². The minimum absolute atomic E-state index is 0.0805. The number of hydrogen-bond donors (Lipinski definition) is 0. The number of urea groups is 1. The summed E-state index contributed by atoms with van der Waals surface area (Å²) in [5.41, 5.74) is 5.85. The Balaban J connectivity index is 1.53. The van der Waals surface area contributed by atoms with Crippen molar-refractivity contribution in [2.75, 3.05) is 11.9 Å². The third kappa shape index (κ3) is 3.12. The van der Waals surface area contributed by atoms with Crippen molar-refractivity contribution < 1.29 is 14.0 Å². The molecule has 0 aromatic heterocycles. The van der Waals surface area contributed by atoms with E-state index in [4.69, 9.17) is 4.99 Å². The first-order chi connectivity index (χ1) is 15.7. The van der Waals surface area contributed by atoms with Gasteiger partial charge in [0.15, 0.2) is 12.2 Å². The number of halogens is 1. The number of benzene rings is 2. The Bertz CT molecular complexity index is 1240. The maximum atomic E-state index is 13.6. The molecule has 0 spiro atoms. The molecule has 3 amide bonds. The Hall–Kier alpha value is -3.68. The van der Waals surface area contributed by atoms with Crippen molar-refractivity contribution in [3.63, 3.8) is 0 Å². The molecule has 3 heterocycles. The molecule has 0 aliphatic carbocycles. The largest absolute Gasteiger partial charge is 0.328 e. The summed E-state index contributed by atoms with van der Waals surface area (Å²) in [6.45, 7) is 8.17. The van der Waals surface area contributed by atoms with Gasteiger partial charge in [0.2, 0.25) is 5.96 Å². The molecular formula is C25H26FN5O2. The summed E-state index contributed by atoms with van der Waals surface area (Å²) in [5, 5.41) is 0. The van der Waals surface area contributed by atoms with E-state index in [0.717, 1.165) is 28.2 Å². The Morgan fingerprint density at radius 1 is 0.970 bits per heavy atom. The number of guanidine groups is 1. The Kier molecular flexibility index (Phi) is 4.77. The Morgan fingerprint density at radius 3 is 2.36 bits per heavy atom. The fraction of sp³-hybridized carbons (Fsp3) is 0.320. The molecule has 2 aromatic carbocycles. The lowest BCUT2D eigenvalue weighted by molar-refractivity contribution is -0.137. The van der Waals surface area contributed by atoms with Gasteiger partial charge in [-0.1, -0.05) is 24.3 Å². The molecule has 2 aromatic rings. The number of rotatable bonds is 3. The van der Waals surface area contributed by atoms with Crippen molar-refractivity contribution in [1.29, 1.82) is 0 Å². The zero-order valence-corrected chi connectivity index (χ0v) is 19.3. The van der Waals surface area contributed by atoms with Crippen LogP contribution in [0.4, 0.5) is 14.9 Å². The molecule has 0 saturated carbocycles. The molecule has 33 heavy (non-hydrogen) atoms. The van der Waals surface area contributed by atoms with E-state index in [1.54, 1.807) is 19.2 Å². The molecule has 1 saturated heterocycles. The maximum Gasteiger partial charge on any atom is 0.328 e. The van der Waals surface area contributed by atoms with Crippen LogP contribution in [0.5, 0.6) is 0 Å². The highest BCUT2D eigenvalue weighted by Crippen LogP contribution is 2.41. The number of allylic oxidation sites excluding steroid dienone is 2. The van der Waals surface area contributed by atoms with E-state index in [0.29, 0.717) is 11.5 Å². The average Bonchev–Trinajstić information content (AvgIpc) is 3.28. The van der Waals surface area contributed by atoms with E-state index in [9.17, 15) is 14.0 Å². The van der Waals surface area contributed by atoms with Gasteiger partial charge in [-0.05, 0) is 62.6 Å². The second kappa shape index (κ2) is 7.43. The van der Waals surface area contributed by atoms with E-state index in [2.05, 4.69) is 23.1 Å². The number of aliphatic imine (C=N–C) groups is 1. The van der Waals surface area contributed by atoms with E-state index >= 15 is 0 Å². The highest BCUT2D eigenvalue weighted by atomic mass is 19.1. The second-order valence-corrected chi connectivity index (χ2v) is 8.90. The number of anilines is 1. The van der Waals surface area contributed by atoms with Crippen molar-refractivity contribution in [2.45, 2.75) is 46.4 Å². The number of nitrogens with zero attached hydrogens (tertiary/aromatic N) is 5. The summed E-state index contributed by atoms with van der Waals surface area (Å²) in [7, 11) is 1.67. The van der Waals surface area contributed by atoms with Gasteiger partial charge in [0.25, 0.3) is 5.91 Å². The van der Waals surface area contributed by atoms with Crippen LogP contribution >= 0.6 is 0 Å². The summed E-state index contributed by atoms with van der Waals surface area (Å²) in [6.07, 6.45) is -0.611. The van der Waals surface area contributed by atoms with E-state index in [-0.39, 0.29) is 18.3 Å². The standard InChI is InChI=1S/C25H26FN5O2/c1-14-6-7-15(2)20(12-14)30-16(3)17(4)31-21-22(27-24(30)31)28(5)25(33)29(23(21)32)13-18-8-10-19(26)11-9-18/h6-12,21-22H,13H2,1-5H3. The molecule has 2 atom stereocenters. The minimum Gasteiger partial charge on any atom is -0.302 e. The number of hydrogen-bond acceptors (Lipinski definition) is 5. The molecule has 5 rings (SSSR count). The minimum atomic E-state index is -0.645. The molecule has 7 nitrogen and oxygen atoms in total. The molecule has 0 bridgehead atoms. The summed E-state index contributed by atoms with van der Waals surface area (Å²) in [4.78, 5) is 38.4. The van der Waals surface area contributed by atoms with Gasteiger partial charge in [-0.25, -0.2) is 14.2 Å². The Morgan fingerprint density at radius 2 is 1.67 bits per heavy atom. The first kappa shape index (κ1) is 21.2. The lowest BCUT2D eigenvalue weighted by atomic mass is 10.1. The molecule has 0 N–H and O–H groups in total. The van der Waals surface area contributed by atoms with Crippen LogP contribution in [0.15, 0.2) is 58.9 Å². The quantitative estimate of drug-likeness (QED) is 0.714. The van der Waals surface area contributed by atoms with E-state index in [1.807, 2.05) is 32.6 Å². The van der Waals surface area contributed by atoms with Gasteiger partial charge < -0.3 is 4.90 Å². The Labute approximate surface area is 192 Å². The fourth-order valence-corrected chi connectivity index (χ4v) is 4.78. The van der Waals surface area contributed by atoms with Crippen molar-refractivity contribution in [2.24, 2.45) is 4.99 Å². The van der Waals surface area contributed by atoms with Gasteiger partial charge in [0, 0.05) is 18.4 Å². The predicted molar refractivity (Wildman–Crippen MR) is 124 cm³/mol. The normalized spacial score (nSPS) is 22.3. The third-order valence-corrected chi connectivity index (χ3v) is 6.75. The highest BCUT2D eigenvalue weighted by molar-refractivity contribution is 6.10. The van der Waals surface area contributed by atoms with Crippen LogP contribution in [0, 0.1) is 19.7 Å². The van der Waals surface area contributed by atoms with Crippen LogP contribution < -0.4 is 4.90 Å². The number of likely N-dealkylation sites (N-methyl/N-ethyl adjacent to an activating group) is 1. The molecule has 0 radical (unpaired) electrons. The maximum absolute atomic E-state index is 13.6. The van der Waals surface area contributed by atoms with Crippen molar-refractivity contribution in [3.05, 3.63) is 76.4 Å². The SMILES string of the molecule is CC1=C(C)N2C(=NC3C2C(=O)N(Cc2ccc(F)cc2)C(=O)N3C)N1c1cc(C)ccc1C. The highest BCUT2D eigenvalue weighted by Gasteiger charge is 2.56. The number of carbonyl (C=O) groups excluding carboxylic acids is 2. The van der Waals surface area contributed by atoms with Gasteiger partial charge in [-0.15, -0.1) is 0 Å². The molecular weight excluding hydrogens is 421 g/mol. The number of aryl methyl sites for hydroxylation is 2. The molecule has 3 aliphatic heterocycles. The smallest absolute Gasteiger partial charge is 0.302 e. The molecule has 2 unspecified atom stereocenters. The van der Waals surface area contributed by atoms with E-state index < -0.39 is 18.2 Å². The van der Waals surface area contributed by atoms with Gasteiger partial charge in [0.05, 0.1) is 12.2 Å². The number of amides is 3. The predicted octanol–water partition coefficient (Wildman–Crippen LogP) is 3.97. The number of carbonyl (C=O) groups is 2. The molecule has 1 fully saturated rings. The van der Waals surface area contributed by atoms with Crippen LogP contribution in [0.1, 0.15) is 30.5 Å². The molecule has 8 heteroatoms. The molecule has 3 aliphatic rings. The van der Waals surface area contributed by atoms with Crippen LogP contribution in [0.25, 0.3) is 0 Å². The molecule has 170 valence electrons. The first-order valence-corrected chi connectivity index (χ1v) is 10.9. The second-order valence-electron chi connectivity index (χ2n) is 8.90. The van der Waals surface area contributed by atoms with Gasteiger partial charge in [0.1, 0.15) is 5.82 Å². The zero-order valence-electron chi connectivity index (χ0n) is 19.3. The summed E-state index contributed by atoms with van der Waals surface area (Å²) >= 11 is 0.